The van der Waals surface area contributed by atoms with Crippen LogP contribution < -0.4 is 10.6 Å². The van der Waals surface area contributed by atoms with Gasteiger partial charge in [0.05, 0.1) is 19.7 Å². The predicted molar refractivity (Wildman–Crippen MR) is 63.6 cm³/mol. The topological polar surface area (TPSA) is 76.7 Å². The number of esters is 1. The zero-order chi connectivity index (χ0) is 13.3. The number of ether oxygens (including phenoxy) is 2. The van der Waals surface area contributed by atoms with Gasteiger partial charge < -0.3 is 14.8 Å². The van der Waals surface area contributed by atoms with Gasteiger partial charge in [0.2, 0.25) is 5.91 Å². The Bertz CT molecular complexity index is 248. The average Bonchev–Trinajstić information content (AvgIpc) is 2.15. The molecule has 0 aromatic carbocycles. The first kappa shape index (κ1) is 15.9. The summed E-state index contributed by atoms with van der Waals surface area (Å²) in [5.41, 5.74) is -0.501. The van der Waals surface area contributed by atoms with Gasteiger partial charge in [-0.25, -0.2) is 0 Å². The SMILES string of the molecule is COCCNC(=O)CNCC(=O)OC(C)(C)C. The second kappa shape index (κ2) is 8.03. The maximum Gasteiger partial charge on any atom is 0.320 e. The van der Waals surface area contributed by atoms with E-state index in [0.717, 1.165) is 0 Å². The number of rotatable bonds is 7. The normalized spacial score (nSPS) is 11.1. The van der Waals surface area contributed by atoms with E-state index in [4.69, 9.17) is 9.47 Å². The molecule has 100 valence electrons. The molecular formula is C11H22N2O4. The number of hydrogen-bond acceptors (Lipinski definition) is 5. The number of amides is 1. The van der Waals surface area contributed by atoms with Gasteiger partial charge in [0.1, 0.15) is 5.60 Å². The largest absolute Gasteiger partial charge is 0.459 e. The van der Waals surface area contributed by atoms with Crippen molar-refractivity contribution >= 4 is 11.9 Å². The molecule has 0 unspecified atom stereocenters. The predicted octanol–water partition coefficient (Wildman–Crippen LogP) is -0.320. The first-order valence-electron chi connectivity index (χ1n) is 5.53. The molecule has 0 fully saturated rings. The van der Waals surface area contributed by atoms with Crippen molar-refractivity contribution in [1.82, 2.24) is 10.6 Å². The monoisotopic (exact) mass is 246 g/mol. The zero-order valence-electron chi connectivity index (χ0n) is 11.0. The lowest BCUT2D eigenvalue weighted by molar-refractivity contribution is -0.153. The van der Waals surface area contributed by atoms with Gasteiger partial charge in [-0.1, -0.05) is 0 Å². The van der Waals surface area contributed by atoms with Crippen LogP contribution in [-0.2, 0) is 19.1 Å². The quantitative estimate of drug-likeness (QED) is 0.475. The molecule has 0 radical (unpaired) electrons. The molecule has 6 nitrogen and oxygen atoms in total. The third kappa shape index (κ3) is 11.1. The van der Waals surface area contributed by atoms with Crippen molar-refractivity contribution in [2.24, 2.45) is 0 Å². The van der Waals surface area contributed by atoms with Crippen LogP contribution in [-0.4, -0.2) is 50.8 Å². The van der Waals surface area contributed by atoms with Gasteiger partial charge >= 0.3 is 5.97 Å². The highest BCUT2D eigenvalue weighted by Gasteiger charge is 2.15. The van der Waals surface area contributed by atoms with Gasteiger partial charge in [0.25, 0.3) is 0 Å². The third-order valence-corrected chi connectivity index (χ3v) is 1.60. The zero-order valence-corrected chi connectivity index (χ0v) is 11.0. The van der Waals surface area contributed by atoms with Crippen molar-refractivity contribution in [3.8, 4) is 0 Å². The van der Waals surface area contributed by atoms with Crippen LogP contribution in [0, 0.1) is 0 Å². The van der Waals surface area contributed by atoms with Crippen LogP contribution in [0.2, 0.25) is 0 Å². The maximum atomic E-state index is 11.3. The standard InChI is InChI=1S/C11H22N2O4/c1-11(2,3)17-10(15)8-12-7-9(14)13-5-6-16-4/h12H,5-8H2,1-4H3,(H,13,14). The molecule has 0 heterocycles. The molecule has 0 spiro atoms. The molecule has 0 bridgehead atoms. The average molecular weight is 246 g/mol. The molecule has 0 aliphatic heterocycles. The minimum Gasteiger partial charge on any atom is -0.459 e. The highest BCUT2D eigenvalue weighted by molar-refractivity contribution is 5.79. The van der Waals surface area contributed by atoms with Gasteiger partial charge in [0.15, 0.2) is 0 Å². The highest BCUT2D eigenvalue weighted by Crippen LogP contribution is 2.05. The van der Waals surface area contributed by atoms with Crippen LogP contribution in [0.1, 0.15) is 20.8 Å². The molecule has 0 saturated carbocycles. The Labute approximate surface area is 102 Å². The molecule has 6 heteroatoms. The van der Waals surface area contributed by atoms with Gasteiger partial charge in [0, 0.05) is 13.7 Å². The van der Waals surface area contributed by atoms with Crippen LogP contribution >= 0.6 is 0 Å². The molecule has 17 heavy (non-hydrogen) atoms. The highest BCUT2D eigenvalue weighted by atomic mass is 16.6. The van der Waals surface area contributed by atoms with Crippen molar-refractivity contribution in [1.29, 1.82) is 0 Å². The Morgan fingerprint density at radius 2 is 1.82 bits per heavy atom. The second-order valence-corrected chi connectivity index (χ2v) is 4.53. The molecule has 0 saturated heterocycles. The molecule has 0 rings (SSSR count). The van der Waals surface area contributed by atoms with Crippen LogP contribution in [0.4, 0.5) is 0 Å². The fraction of sp³-hybridized carbons (Fsp3) is 0.818. The van der Waals surface area contributed by atoms with E-state index in [-0.39, 0.29) is 25.0 Å². The smallest absolute Gasteiger partial charge is 0.320 e. The van der Waals surface area contributed by atoms with E-state index in [9.17, 15) is 9.59 Å². The van der Waals surface area contributed by atoms with Gasteiger partial charge in [-0.3, -0.25) is 14.9 Å². The first-order valence-corrected chi connectivity index (χ1v) is 5.53. The van der Waals surface area contributed by atoms with Crippen LogP contribution in [0.25, 0.3) is 0 Å². The minimum absolute atomic E-state index is 0.0228. The third-order valence-electron chi connectivity index (χ3n) is 1.60. The van der Waals surface area contributed by atoms with Crippen molar-refractivity contribution in [3.05, 3.63) is 0 Å². The van der Waals surface area contributed by atoms with Crippen molar-refractivity contribution in [2.75, 3.05) is 33.4 Å². The van der Waals surface area contributed by atoms with Crippen LogP contribution in [0.3, 0.4) is 0 Å². The number of methoxy groups -OCH3 is 1. The van der Waals surface area contributed by atoms with Crippen molar-refractivity contribution in [2.45, 2.75) is 26.4 Å². The Kier molecular flexibility index (Phi) is 7.49. The first-order chi connectivity index (χ1) is 7.85. The van der Waals surface area contributed by atoms with Crippen molar-refractivity contribution < 1.29 is 19.1 Å². The fourth-order valence-corrected chi connectivity index (χ4v) is 1.01. The van der Waals surface area contributed by atoms with E-state index in [1.807, 2.05) is 0 Å². The summed E-state index contributed by atoms with van der Waals surface area (Å²) in [4.78, 5) is 22.5. The summed E-state index contributed by atoms with van der Waals surface area (Å²) in [6.07, 6.45) is 0. The Morgan fingerprint density at radius 1 is 1.18 bits per heavy atom. The fourth-order valence-electron chi connectivity index (χ4n) is 1.01. The summed E-state index contributed by atoms with van der Waals surface area (Å²) in [7, 11) is 1.56. The molecule has 0 aliphatic rings. The molecule has 0 aliphatic carbocycles. The lowest BCUT2D eigenvalue weighted by Gasteiger charge is -2.19. The summed E-state index contributed by atoms with van der Waals surface area (Å²) in [5, 5.41) is 5.33. The summed E-state index contributed by atoms with van der Waals surface area (Å²) in [6.45, 7) is 6.42. The number of carbonyl (C=O) groups is 2. The molecule has 2 N–H and O–H groups in total. The van der Waals surface area contributed by atoms with E-state index >= 15 is 0 Å². The molecule has 0 atom stereocenters. The summed E-state index contributed by atoms with van der Waals surface area (Å²) in [6, 6.07) is 0. The molecule has 0 aromatic heterocycles. The van der Waals surface area contributed by atoms with Crippen LogP contribution in [0.5, 0.6) is 0 Å². The van der Waals surface area contributed by atoms with Gasteiger partial charge in [-0.05, 0) is 20.8 Å². The van der Waals surface area contributed by atoms with Crippen LogP contribution in [0.15, 0.2) is 0 Å². The molecular weight excluding hydrogens is 224 g/mol. The summed E-state index contributed by atoms with van der Waals surface area (Å²) >= 11 is 0. The second-order valence-electron chi connectivity index (χ2n) is 4.53. The molecule has 0 aromatic rings. The lowest BCUT2D eigenvalue weighted by atomic mass is 10.2. The Hall–Kier alpha value is -1.14. The van der Waals surface area contributed by atoms with E-state index in [1.54, 1.807) is 27.9 Å². The Balaban J connectivity index is 3.56. The molecule has 1 amide bonds. The van der Waals surface area contributed by atoms with Crippen molar-refractivity contribution in [3.63, 3.8) is 0 Å². The number of nitrogens with one attached hydrogen (secondary N) is 2. The van der Waals surface area contributed by atoms with E-state index in [0.29, 0.717) is 13.2 Å². The van der Waals surface area contributed by atoms with Gasteiger partial charge in [-0.2, -0.15) is 0 Å². The van der Waals surface area contributed by atoms with E-state index in [1.165, 1.54) is 0 Å². The maximum absolute atomic E-state index is 11.3. The number of carbonyl (C=O) groups excluding carboxylic acids is 2. The Morgan fingerprint density at radius 3 is 2.35 bits per heavy atom. The van der Waals surface area contributed by atoms with E-state index in [2.05, 4.69) is 10.6 Å². The van der Waals surface area contributed by atoms with Gasteiger partial charge in [-0.15, -0.1) is 0 Å². The lowest BCUT2D eigenvalue weighted by Crippen LogP contribution is -2.39. The van der Waals surface area contributed by atoms with E-state index < -0.39 is 5.60 Å². The number of hydrogen-bond donors (Lipinski definition) is 2. The summed E-state index contributed by atoms with van der Waals surface area (Å²) < 4.78 is 9.85. The minimum atomic E-state index is -0.501. The summed E-state index contributed by atoms with van der Waals surface area (Å²) in [5.74, 6) is -0.548.